The molecule has 0 radical (unpaired) electrons. The van der Waals surface area contributed by atoms with E-state index in [1.165, 1.54) is 0 Å². The van der Waals surface area contributed by atoms with Crippen molar-refractivity contribution in [2.45, 2.75) is 19.2 Å². The van der Waals surface area contributed by atoms with Crippen LogP contribution in [0.3, 0.4) is 0 Å². The summed E-state index contributed by atoms with van der Waals surface area (Å²) < 4.78 is 118. The Morgan fingerprint density at radius 1 is 0.708 bits per heavy atom. The molecule has 138 valence electrons. The number of hydrogen-bond donors (Lipinski definition) is 0. The topological polar surface area (TPSA) is 174 Å². The van der Waals surface area contributed by atoms with Gasteiger partial charge < -0.3 is 0 Å². The van der Waals surface area contributed by atoms with Crippen molar-refractivity contribution in [1.82, 2.24) is 0 Å². The minimum atomic E-state index is -4.24. The number of hydrogen-bond acceptors (Lipinski definition) is 9. The molecule has 0 saturated carbocycles. The molecule has 0 aliphatic heterocycles. The van der Waals surface area contributed by atoms with Gasteiger partial charge in [0.1, 0.15) is 29.5 Å². The number of nitrogens with zero attached hydrogens (tertiary/aromatic N) is 3. The summed E-state index contributed by atoms with van der Waals surface area (Å²) in [6, 6.07) is 3.68. The van der Waals surface area contributed by atoms with E-state index < -0.39 is 53.7 Å². The molecular formula is C12H21N3O6S3. The van der Waals surface area contributed by atoms with Gasteiger partial charge in [-0.3, -0.25) is 0 Å². The van der Waals surface area contributed by atoms with Crippen LogP contribution in [0.15, 0.2) is 0 Å². The first-order valence-corrected chi connectivity index (χ1v) is 11.3. The van der Waals surface area contributed by atoms with Crippen molar-refractivity contribution in [2.75, 3.05) is 35.9 Å². The summed E-state index contributed by atoms with van der Waals surface area (Å²) in [6.45, 7) is 0. The van der Waals surface area contributed by atoms with Gasteiger partial charge in [0.2, 0.25) is 0 Å². The van der Waals surface area contributed by atoms with E-state index in [-0.39, 0.29) is 12.2 Å². The van der Waals surface area contributed by atoms with Gasteiger partial charge in [0, 0.05) is 48.9 Å². The molecule has 0 saturated heterocycles. The van der Waals surface area contributed by atoms with Crippen LogP contribution in [0.4, 0.5) is 0 Å². The zero-order valence-corrected chi connectivity index (χ0v) is 15.4. The highest BCUT2D eigenvalue weighted by atomic mass is 32.2. The van der Waals surface area contributed by atoms with Gasteiger partial charge in [-0.1, -0.05) is 0 Å². The molecule has 0 heterocycles. The van der Waals surface area contributed by atoms with Crippen molar-refractivity contribution in [3.05, 3.63) is 0 Å². The van der Waals surface area contributed by atoms with Crippen LogP contribution in [0.5, 0.6) is 0 Å². The van der Waals surface area contributed by atoms with Crippen LogP contribution in [0, 0.1) is 34.0 Å². The number of sulfone groups is 3. The molecular weight excluding hydrogens is 378 g/mol. The van der Waals surface area contributed by atoms with E-state index in [1.54, 1.807) is 6.07 Å². The fourth-order valence-electron chi connectivity index (χ4n) is 0.462. The molecule has 0 aromatic rings. The molecule has 0 spiro atoms. The SMILES string of the molecule is CS(=O)(=O)CCC#N.[2H]C([2H])(C#N)C([2H])([2H])S(C)(=O)=O.[2H]C([2H])(C#N)C([2H])([2H])S(C)(=O)=O. The highest BCUT2D eigenvalue weighted by Crippen LogP contribution is 1.85. The maximum atomic E-state index is 10.7. The zero-order valence-electron chi connectivity index (χ0n) is 20.9. The predicted octanol–water partition coefficient (Wildman–Crippen LogP) is -0.166. The van der Waals surface area contributed by atoms with E-state index in [4.69, 9.17) is 26.8 Å². The Hall–Kier alpha value is -1.68. The highest BCUT2D eigenvalue weighted by Gasteiger charge is 1.99. The second-order valence-corrected chi connectivity index (χ2v) is 9.52. The Bertz CT molecular complexity index is 1030. The summed E-state index contributed by atoms with van der Waals surface area (Å²) in [5, 5.41) is 24.2. The van der Waals surface area contributed by atoms with Gasteiger partial charge in [0.15, 0.2) is 0 Å². The molecule has 0 amide bonds. The van der Waals surface area contributed by atoms with E-state index in [0.717, 1.165) is 18.4 Å². The van der Waals surface area contributed by atoms with Gasteiger partial charge in [0.05, 0.1) is 35.4 Å². The van der Waals surface area contributed by atoms with Crippen LogP contribution < -0.4 is 0 Å². The minimum Gasteiger partial charge on any atom is -0.229 e. The second-order valence-electron chi connectivity index (χ2n) is 3.76. The Morgan fingerprint density at radius 2 is 1.04 bits per heavy atom. The largest absolute Gasteiger partial charge is 0.229 e. The molecule has 0 aromatic heterocycles. The lowest BCUT2D eigenvalue weighted by Gasteiger charge is -1.85. The standard InChI is InChI=1S/3C4H7NO2S/c3*1-8(6,7)4-2-3-5/h3*2,4H2,1H3/i2*2D2,4D2;. The molecule has 0 atom stereocenters. The molecule has 24 heavy (non-hydrogen) atoms. The molecule has 12 heteroatoms. The Morgan fingerprint density at radius 3 is 1.12 bits per heavy atom. The van der Waals surface area contributed by atoms with Crippen molar-refractivity contribution >= 4 is 29.5 Å². The molecule has 0 bridgehead atoms. The first-order chi connectivity index (χ1) is 13.7. The van der Waals surface area contributed by atoms with Crippen LogP contribution in [-0.2, 0) is 29.5 Å². The summed E-state index contributed by atoms with van der Waals surface area (Å²) in [5.41, 5.74) is -6.34. The molecule has 0 rings (SSSR count). The highest BCUT2D eigenvalue weighted by molar-refractivity contribution is 7.91. The Balaban J connectivity index is -0.000000404. The summed E-state index contributed by atoms with van der Waals surface area (Å²) in [4.78, 5) is 0. The van der Waals surface area contributed by atoms with Gasteiger partial charge >= 0.3 is 0 Å². The Labute approximate surface area is 155 Å². The molecule has 0 aliphatic rings. The van der Waals surface area contributed by atoms with Gasteiger partial charge in [0.25, 0.3) is 0 Å². The van der Waals surface area contributed by atoms with E-state index in [2.05, 4.69) is 0 Å². The van der Waals surface area contributed by atoms with Crippen molar-refractivity contribution in [3.8, 4) is 18.2 Å². The normalized spacial score (nSPS) is 17.8. The predicted molar refractivity (Wildman–Crippen MR) is 89.8 cm³/mol. The smallest absolute Gasteiger partial charge is 0.148 e. The molecule has 0 aromatic carbocycles. The molecule has 9 nitrogen and oxygen atoms in total. The maximum Gasteiger partial charge on any atom is 0.148 e. The van der Waals surface area contributed by atoms with Gasteiger partial charge in [-0.05, 0) is 0 Å². The molecule has 0 fully saturated rings. The molecule has 0 unspecified atom stereocenters. The zero-order chi connectivity index (χ0) is 27.0. The average Bonchev–Trinajstić information content (AvgIpc) is 2.58. The fourth-order valence-corrected chi connectivity index (χ4v) is 1.39. The minimum absolute atomic E-state index is 0.0243. The second kappa shape index (κ2) is 13.7. The van der Waals surface area contributed by atoms with Gasteiger partial charge in [-0.15, -0.1) is 0 Å². The van der Waals surface area contributed by atoms with Crippen LogP contribution in [0.2, 0.25) is 0 Å². The third-order valence-corrected chi connectivity index (χ3v) is 3.06. The van der Waals surface area contributed by atoms with E-state index in [0.29, 0.717) is 12.5 Å². The first-order valence-electron chi connectivity index (χ1n) is 9.45. The quantitative estimate of drug-likeness (QED) is 0.579. The summed E-state index contributed by atoms with van der Waals surface area (Å²) >= 11 is 0. The van der Waals surface area contributed by atoms with Crippen LogP contribution in [-0.4, -0.2) is 61.2 Å². The third kappa shape index (κ3) is 42.7. The van der Waals surface area contributed by atoms with Crippen molar-refractivity contribution in [2.24, 2.45) is 0 Å². The summed E-state index contributed by atoms with van der Waals surface area (Å²) in [7, 11) is -11.4. The van der Waals surface area contributed by atoms with Crippen LogP contribution in [0.25, 0.3) is 0 Å². The number of nitriles is 3. The molecule has 0 aliphatic carbocycles. The lowest BCUT2D eigenvalue weighted by Crippen LogP contribution is -2.00. The van der Waals surface area contributed by atoms with Crippen molar-refractivity contribution < 1.29 is 36.2 Å². The average molecular weight is 408 g/mol. The lowest BCUT2D eigenvalue weighted by atomic mass is 10.6. The van der Waals surface area contributed by atoms with E-state index in [9.17, 15) is 25.3 Å². The Kier molecular flexibility index (Phi) is 7.78. The van der Waals surface area contributed by atoms with Crippen molar-refractivity contribution in [3.63, 3.8) is 0 Å². The first kappa shape index (κ1) is 13.6. The summed E-state index contributed by atoms with van der Waals surface area (Å²) in [5.74, 6) is -0.0243. The monoisotopic (exact) mass is 407 g/mol. The third-order valence-electron chi connectivity index (χ3n) is 1.17. The van der Waals surface area contributed by atoms with E-state index >= 15 is 0 Å². The van der Waals surface area contributed by atoms with Crippen molar-refractivity contribution in [1.29, 1.82) is 15.8 Å². The fraction of sp³-hybridized carbons (Fsp3) is 0.750. The lowest BCUT2D eigenvalue weighted by molar-refractivity contribution is 0.600. The van der Waals surface area contributed by atoms with Gasteiger partial charge in [-0.2, -0.15) is 15.8 Å². The molecule has 0 N–H and O–H groups in total. The van der Waals surface area contributed by atoms with E-state index in [1.807, 2.05) is 0 Å². The summed E-state index contributed by atoms with van der Waals surface area (Å²) in [6.07, 6.45) is -3.76. The van der Waals surface area contributed by atoms with Crippen LogP contribution in [0.1, 0.15) is 30.1 Å². The number of rotatable bonds is 6. The van der Waals surface area contributed by atoms with Gasteiger partial charge in [-0.25, -0.2) is 25.3 Å². The maximum absolute atomic E-state index is 10.7. The van der Waals surface area contributed by atoms with Crippen LogP contribution >= 0.6 is 0 Å².